The molecule has 3 heterocycles. The number of aryl methyl sites for hydroxylation is 1. The van der Waals surface area contributed by atoms with Gasteiger partial charge in [-0.2, -0.15) is 4.98 Å². The molecule has 2 unspecified atom stereocenters. The van der Waals surface area contributed by atoms with Gasteiger partial charge in [-0.05, 0) is 50.7 Å². The Morgan fingerprint density at radius 3 is 2.30 bits per heavy atom. The quantitative estimate of drug-likeness (QED) is 0.126. The maximum Gasteiger partial charge on any atom is 0.249 e. The third-order valence-corrected chi connectivity index (χ3v) is 7.87. The van der Waals surface area contributed by atoms with E-state index in [0.29, 0.717) is 31.5 Å². The van der Waals surface area contributed by atoms with Crippen LogP contribution < -0.4 is 16.0 Å². The summed E-state index contributed by atoms with van der Waals surface area (Å²) < 4.78 is 5.63. The summed E-state index contributed by atoms with van der Waals surface area (Å²) in [5, 5.41) is 9.66. The van der Waals surface area contributed by atoms with Gasteiger partial charge in [-0.1, -0.05) is 74.5 Å². The number of anilines is 2. The van der Waals surface area contributed by atoms with Crippen molar-refractivity contribution < 1.29 is 9.53 Å². The predicted molar refractivity (Wildman–Crippen MR) is 186 cm³/mol. The first-order valence-electron chi connectivity index (χ1n) is 16.2. The number of likely N-dealkylation sites (N-methyl/N-ethyl adjacent to an activating group) is 1. The molecule has 46 heavy (non-hydrogen) atoms. The summed E-state index contributed by atoms with van der Waals surface area (Å²) in [7, 11) is 0. The molecule has 10 heteroatoms. The Balaban J connectivity index is 0.000000310. The molecule has 0 saturated carbocycles. The number of hydrogen-bond donors (Lipinski definition) is 4. The fraction of sp³-hybridized carbons (Fsp3) is 0.417. The summed E-state index contributed by atoms with van der Waals surface area (Å²) in [5.74, 6) is 2.05. The summed E-state index contributed by atoms with van der Waals surface area (Å²) >= 11 is 0. The van der Waals surface area contributed by atoms with E-state index in [4.69, 9.17) is 9.72 Å². The number of hydrogen-bond acceptors (Lipinski definition) is 8. The summed E-state index contributed by atoms with van der Waals surface area (Å²) in [6, 6.07) is 21.1. The first-order chi connectivity index (χ1) is 22.4. The number of rotatable bonds is 13. The number of benzene rings is 2. The molecule has 4 N–H and O–H groups in total. The van der Waals surface area contributed by atoms with Crippen LogP contribution in [0.25, 0.3) is 0 Å². The first-order valence-corrected chi connectivity index (χ1v) is 16.2. The zero-order valence-electron chi connectivity index (χ0n) is 27.7. The highest BCUT2D eigenvalue weighted by Gasteiger charge is 2.31. The summed E-state index contributed by atoms with van der Waals surface area (Å²) in [5.41, 5.74) is 5.15. The second-order valence-corrected chi connectivity index (χ2v) is 11.6. The van der Waals surface area contributed by atoms with Crippen LogP contribution in [0.2, 0.25) is 0 Å². The van der Waals surface area contributed by atoms with E-state index in [2.05, 4.69) is 98.3 Å². The van der Waals surface area contributed by atoms with Gasteiger partial charge in [-0.15, -0.1) is 0 Å². The topological polar surface area (TPSA) is 129 Å². The Hall–Kier alpha value is -4.57. The molecule has 1 aliphatic rings. The second-order valence-electron chi connectivity index (χ2n) is 11.6. The molecule has 0 bridgehead atoms. The monoisotopic (exact) mass is 624 g/mol. The number of imidazole rings is 1. The van der Waals surface area contributed by atoms with Crippen LogP contribution in [0.15, 0.2) is 78.2 Å². The minimum Gasteiger partial charge on any atom is -0.367 e. The molecule has 5 rings (SSSR count). The molecule has 2 atom stereocenters. The van der Waals surface area contributed by atoms with Crippen molar-refractivity contribution in [2.45, 2.75) is 72.0 Å². The number of aromatic amines is 1. The Kier molecular flexibility index (Phi) is 13.3. The zero-order valence-corrected chi connectivity index (χ0v) is 27.7. The highest BCUT2D eigenvalue weighted by Crippen LogP contribution is 2.30. The van der Waals surface area contributed by atoms with Gasteiger partial charge in [-0.25, -0.2) is 9.97 Å². The van der Waals surface area contributed by atoms with Gasteiger partial charge in [0.25, 0.3) is 0 Å². The van der Waals surface area contributed by atoms with Crippen molar-refractivity contribution in [2.75, 3.05) is 30.3 Å². The molecule has 244 valence electrons. The lowest BCUT2D eigenvalue weighted by Gasteiger charge is -2.20. The van der Waals surface area contributed by atoms with E-state index in [9.17, 15) is 4.79 Å². The van der Waals surface area contributed by atoms with Crippen molar-refractivity contribution in [3.05, 3.63) is 95.7 Å². The lowest BCUT2D eigenvalue weighted by molar-refractivity contribution is -0.132. The molecule has 4 aromatic rings. The number of aromatic nitrogens is 4. The van der Waals surface area contributed by atoms with E-state index >= 15 is 0 Å². The number of ether oxygens (including phenoxy) is 1. The van der Waals surface area contributed by atoms with Gasteiger partial charge in [0.15, 0.2) is 5.82 Å². The Morgan fingerprint density at radius 2 is 1.74 bits per heavy atom. The summed E-state index contributed by atoms with van der Waals surface area (Å²) in [6.07, 6.45) is 8.05. The number of H-pyrrole nitrogens is 1. The van der Waals surface area contributed by atoms with Gasteiger partial charge in [0.1, 0.15) is 11.8 Å². The molecular weight excluding hydrogens is 576 g/mol. The number of carbonyl (C=O) groups is 1. The van der Waals surface area contributed by atoms with E-state index in [0.717, 1.165) is 42.2 Å². The normalized spacial score (nSPS) is 16.0. The Morgan fingerprint density at radius 1 is 1.04 bits per heavy atom. The average Bonchev–Trinajstić information content (AvgIpc) is 3.78. The zero-order chi connectivity index (χ0) is 32.7. The molecule has 1 saturated heterocycles. The van der Waals surface area contributed by atoms with Crippen LogP contribution in [0, 0.1) is 12.8 Å². The van der Waals surface area contributed by atoms with Crippen LogP contribution in [-0.2, 0) is 16.0 Å². The fourth-order valence-corrected chi connectivity index (χ4v) is 5.42. The molecular formula is C36H48N8O2. The van der Waals surface area contributed by atoms with E-state index < -0.39 is 0 Å². The van der Waals surface area contributed by atoms with Crippen LogP contribution in [0.3, 0.4) is 0 Å². The lowest BCUT2D eigenvalue weighted by atomic mass is 9.91. The number of amides is 1. The number of nitrogens with zero attached hydrogens (tertiary/aromatic N) is 4. The molecule has 2 aromatic heterocycles. The van der Waals surface area contributed by atoms with E-state index in [1.807, 2.05) is 39.1 Å². The number of nitrogens with one attached hydrogen (secondary N) is 4. The van der Waals surface area contributed by atoms with E-state index in [-0.39, 0.29) is 24.0 Å². The Labute approximate surface area is 272 Å². The molecule has 1 fully saturated rings. The molecule has 0 radical (unpaired) electrons. The van der Waals surface area contributed by atoms with Crippen LogP contribution in [0.5, 0.6) is 0 Å². The van der Waals surface area contributed by atoms with Crippen LogP contribution in [0.1, 0.15) is 69.0 Å². The largest absolute Gasteiger partial charge is 0.367 e. The van der Waals surface area contributed by atoms with Crippen molar-refractivity contribution in [2.24, 2.45) is 10.9 Å². The number of carbonyl (C=O) groups excluding carboxylic acids is 1. The van der Waals surface area contributed by atoms with Crippen LogP contribution in [-0.4, -0.2) is 63.9 Å². The number of aliphatic imine (C=N–C) groups is 1. The highest BCUT2D eigenvalue weighted by atomic mass is 16.5. The SMILES string of the molecule is CC=Nc1c(C)nc(NCCc2cnc[nH]2)nc1NCC(c1ccccc1)c1ccccc1.CCNC(=O)C1CCC(C(C)C)O1. The summed E-state index contributed by atoms with van der Waals surface area (Å²) in [4.78, 5) is 32.5. The van der Waals surface area contributed by atoms with Gasteiger partial charge >= 0.3 is 0 Å². The smallest absolute Gasteiger partial charge is 0.249 e. The van der Waals surface area contributed by atoms with Crippen molar-refractivity contribution in [3.8, 4) is 0 Å². The Bertz CT molecular complexity index is 1450. The predicted octanol–water partition coefficient (Wildman–Crippen LogP) is 6.46. The standard InChI is InChI=1S/C26H29N7.C10H19NO2/c1-3-28-24-19(2)32-26(29-15-14-22-16-27-18-31-22)33-25(24)30-17-23(20-10-6-4-7-11-20)21-12-8-5-9-13-21;1-4-11-10(12)9-6-5-8(13-9)7(2)3/h3-13,16,18,23H,14-15,17H2,1-2H3,(H,27,31)(H2,29,30,32,33);7-9H,4-6H2,1-3H3,(H,11,12). The maximum atomic E-state index is 11.4. The average molecular weight is 625 g/mol. The summed E-state index contributed by atoms with van der Waals surface area (Å²) in [6.45, 7) is 12.1. The highest BCUT2D eigenvalue weighted by molar-refractivity contribution is 5.80. The van der Waals surface area contributed by atoms with Gasteiger partial charge in [0, 0.05) is 50.1 Å². The van der Waals surface area contributed by atoms with Crippen LogP contribution in [0.4, 0.5) is 17.5 Å². The fourth-order valence-electron chi connectivity index (χ4n) is 5.42. The second kappa shape index (κ2) is 17.8. The molecule has 1 aliphatic heterocycles. The van der Waals surface area contributed by atoms with E-state index in [1.54, 1.807) is 12.5 Å². The van der Waals surface area contributed by atoms with Crippen LogP contribution >= 0.6 is 0 Å². The first kappa shape index (κ1) is 34.3. The van der Waals surface area contributed by atoms with Crippen molar-refractivity contribution >= 4 is 29.6 Å². The molecule has 0 spiro atoms. The van der Waals surface area contributed by atoms with Gasteiger partial charge in [0.05, 0.1) is 18.1 Å². The maximum absolute atomic E-state index is 11.4. The minimum atomic E-state index is -0.202. The lowest BCUT2D eigenvalue weighted by Crippen LogP contribution is -2.34. The van der Waals surface area contributed by atoms with Gasteiger partial charge in [0.2, 0.25) is 11.9 Å². The molecule has 2 aromatic carbocycles. The van der Waals surface area contributed by atoms with Gasteiger partial charge < -0.3 is 25.7 Å². The minimum absolute atomic E-state index is 0.0469. The van der Waals surface area contributed by atoms with Gasteiger partial charge in [-0.3, -0.25) is 9.79 Å². The van der Waals surface area contributed by atoms with Crippen molar-refractivity contribution in [1.82, 2.24) is 25.3 Å². The third kappa shape index (κ3) is 9.97. The third-order valence-electron chi connectivity index (χ3n) is 7.87. The van der Waals surface area contributed by atoms with E-state index in [1.165, 1.54) is 11.1 Å². The molecule has 1 amide bonds. The van der Waals surface area contributed by atoms with Crippen molar-refractivity contribution in [1.29, 1.82) is 0 Å². The molecule has 0 aliphatic carbocycles. The molecule has 10 nitrogen and oxygen atoms in total. The van der Waals surface area contributed by atoms with Crippen molar-refractivity contribution in [3.63, 3.8) is 0 Å².